The van der Waals surface area contributed by atoms with Crippen molar-refractivity contribution in [3.8, 4) is 0 Å². The van der Waals surface area contributed by atoms with Crippen molar-refractivity contribution in [3.63, 3.8) is 0 Å². The van der Waals surface area contributed by atoms with Crippen LogP contribution in [0.3, 0.4) is 0 Å². The quantitative estimate of drug-likeness (QED) is 0.592. The van der Waals surface area contributed by atoms with Crippen LogP contribution in [0.1, 0.15) is 35.8 Å². The SMILES string of the molecule is COC(=O)c1ccc(CN(c2ccc3cnn(C(C)C)c3c2)S(C)(=O)=O)cc1. The molecule has 28 heavy (non-hydrogen) atoms. The molecule has 0 unspecified atom stereocenters. The molecular formula is C20H23N3O4S. The molecular weight excluding hydrogens is 378 g/mol. The fourth-order valence-electron chi connectivity index (χ4n) is 3.02. The molecule has 0 N–H and O–H groups in total. The first kappa shape index (κ1) is 19.9. The van der Waals surface area contributed by atoms with E-state index >= 15 is 0 Å². The first-order chi connectivity index (χ1) is 13.2. The van der Waals surface area contributed by atoms with Gasteiger partial charge >= 0.3 is 5.97 Å². The zero-order valence-corrected chi connectivity index (χ0v) is 17.1. The molecule has 0 atom stereocenters. The highest BCUT2D eigenvalue weighted by Gasteiger charge is 2.19. The molecule has 0 spiro atoms. The highest BCUT2D eigenvalue weighted by molar-refractivity contribution is 7.92. The zero-order valence-electron chi connectivity index (χ0n) is 16.3. The Labute approximate surface area is 164 Å². The van der Waals surface area contributed by atoms with E-state index in [4.69, 9.17) is 4.74 Å². The Kier molecular flexibility index (Phi) is 5.42. The Morgan fingerprint density at radius 1 is 1.18 bits per heavy atom. The number of carbonyl (C=O) groups excluding carboxylic acids is 1. The molecule has 1 aromatic heterocycles. The third-order valence-electron chi connectivity index (χ3n) is 4.46. The summed E-state index contributed by atoms with van der Waals surface area (Å²) in [6.07, 6.45) is 2.95. The summed E-state index contributed by atoms with van der Waals surface area (Å²) in [6, 6.07) is 12.3. The summed E-state index contributed by atoms with van der Waals surface area (Å²) in [5, 5.41) is 5.33. The Morgan fingerprint density at radius 3 is 2.43 bits per heavy atom. The van der Waals surface area contributed by atoms with Gasteiger partial charge in [-0.25, -0.2) is 13.2 Å². The minimum Gasteiger partial charge on any atom is -0.465 e. The molecule has 148 valence electrons. The van der Waals surface area contributed by atoms with Crippen molar-refractivity contribution in [1.82, 2.24) is 9.78 Å². The summed E-state index contributed by atoms with van der Waals surface area (Å²) in [7, 11) is -2.20. The highest BCUT2D eigenvalue weighted by atomic mass is 32.2. The van der Waals surface area contributed by atoms with E-state index in [1.165, 1.54) is 17.7 Å². The molecule has 3 rings (SSSR count). The van der Waals surface area contributed by atoms with Gasteiger partial charge in [-0.1, -0.05) is 12.1 Å². The number of hydrogen-bond donors (Lipinski definition) is 0. The van der Waals surface area contributed by atoms with Crippen LogP contribution in [0, 0.1) is 0 Å². The fraction of sp³-hybridized carbons (Fsp3) is 0.300. The number of hydrogen-bond acceptors (Lipinski definition) is 5. The summed E-state index contributed by atoms with van der Waals surface area (Å²) in [5.41, 5.74) is 2.62. The molecule has 8 heteroatoms. The van der Waals surface area contributed by atoms with Crippen molar-refractivity contribution in [2.45, 2.75) is 26.4 Å². The Hall–Kier alpha value is -2.87. The maximum absolute atomic E-state index is 12.5. The molecule has 1 heterocycles. The summed E-state index contributed by atoms with van der Waals surface area (Å²) >= 11 is 0. The van der Waals surface area contributed by atoms with E-state index < -0.39 is 16.0 Å². The van der Waals surface area contributed by atoms with Gasteiger partial charge in [0.15, 0.2) is 0 Å². The van der Waals surface area contributed by atoms with Gasteiger partial charge in [0, 0.05) is 11.4 Å². The Morgan fingerprint density at radius 2 is 1.86 bits per heavy atom. The third kappa shape index (κ3) is 4.01. The number of carbonyl (C=O) groups is 1. The topological polar surface area (TPSA) is 81.5 Å². The van der Waals surface area contributed by atoms with Gasteiger partial charge < -0.3 is 4.74 Å². The lowest BCUT2D eigenvalue weighted by atomic mass is 10.1. The second-order valence-electron chi connectivity index (χ2n) is 6.88. The number of sulfonamides is 1. The Bertz CT molecular complexity index is 1100. The van der Waals surface area contributed by atoms with Crippen LogP contribution >= 0.6 is 0 Å². The molecule has 0 aliphatic rings. The maximum atomic E-state index is 12.5. The van der Waals surface area contributed by atoms with E-state index in [2.05, 4.69) is 5.10 Å². The zero-order chi connectivity index (χ0) is 20.5. The number of aromatic nitrogens is 2. The number of esters is 1. The first-order valence-corrected chi connectivity index (χ1v) is 10.7. The summed E-state index contributed by atoms with van der Waals surface area (Å²) in [6.45, 7) is 4.20. The fourth-order valence-corrected chi connectivity index (χ4v) is 3.90. The maximum Gasteiger partial charge on any atom is 0.337 e. The number of anilines is 1. The molecule has 0 radical (unpaired) electrons. The van der Waals surface area contributed by atoms with E-state index in [1.807, 2.05) is 30.7 Å². The largest absolute Gasteiger partial charge is 0.465 e. The van der Waals surface area contributed by atoms with Gasteiger partial charge in [-0.15, -0.1) is 0 Å². The van der Waals surface area contributed by atoms with Gasteiger partial charge in [-0.3, -0.25) is 8.99 Å². The number of ether oxygens (including phenoxy) is 1. The van der Waals surface area contributed by atoms with E-state index in [0.717, 1.165) is 16.5 Å². The lowest BCUT2D eigenvalue weighted by molar-refractivity contribution is 0.0600. The van der Waals surface area contributed by atoms with Crippen molar-refractivity contribution < 1.29 is 17.9 Å². The van der Waals surface area contributed by atoms with Crippen LogP contribution in [0.4, 0.5) is 5.69 Å². The highest BCUT2D eigenvalue weighted by Crippen LogP contribution is 2.27. The van der Waals surface area contributed by atoms with Crippen LogP contribution in [0.15, 0.2) is 48.7 Å². The summed E-state index contributed by atoms with van der Waals surface area (Å²) < 4.78 is 32.9. The number of fused-ring (bicyclic) bond motifs is 1. The van der Waals surface area contributed by atoms with E-state index in [1.54, 1.807) is 36.5 Å². The second kappa shape index (κ2) is 7.63. The van der Waals surface area contributed by atoms with Gasteiger partial charge in [0.2, 0.25) is 10.0 Å². The molecule has 7 nitrogen and oxygen atoms in total. The van der Waals surface area contributed by atoms with Crippen molar-refractivity contribution in [3.05, 3.63) is 59.8 Å². The van der Waals surface area contributed by atoms with Gasteiger partial charge in [0.05, 0.1) is 42.9 Å². The monoisotopic (exact) mass is 401 g/mol. The van der Waals surface area contributed by atoms with Crippen LogP contribution in [-0.2, 0) is 21.3 Å². The van der Waals surface area contributed by atoms with E-state index in [0.29, 0.717) is 11.3 Å². The minimum absolute atomic E-state index is 0.154. The molecule has 2 aromatic carbocycles. The van der Waals surface area contributed by atoms with Gasteiger partial charge in [0.25, 0.3) is 0 Å². The molecule has 0 saturated carbocycles. The minimum atomic E-state index is -3.52. The molecule has 0 fully saturated rings. The van der Waals surface area contributed by atoms with Crippen LogP contribution in [0.25, 0.3) is 10.9 Å². The predicted molar refractivity (Wildman–Crippen MR) is 109 cm³/mol. The van der Waals surface area contributed by atoms with Crippen LogP contribution in [-0.4, -0.2) is 37.5 Å². The van der Waals surface area contributed by atoms with Crippen molar-refractivity contribution in [2.75, 3.05) is 17.7 Å². The number of benzene rings is 2. The number of rotatable bonds is 6. The molecule has 0 aliphatic heterocycles. The molecule has 0 amide bonds. The van der Waals surface area contributed by atoms with Crippen LogP contribution in [0.5, 0.6) is 0 Å². The average molecular weight is 401 g/mol. The van der Waals surface area contributed by atoms with Crippen molar-refractivity contribution >= 4 is 32.6 Å². The first-order valence-electron chi connectivity index (χ1n) is 8.83. The molecule has 3 aromatic rings. The smallest absolute Gasteiger partial charge is 0.337 e. The molecule has 0 saturated heterocycles. The number of methoxy groups -OCH3 is 1. The van der Waals surface area contributed by atoms with E-state index in [9.17, 15) is 13.2 Å². The van der Waals surface area contributed by atoms with Crippen molar-refractivity contribution in [1.29, 1.82) is 0 Å². The standard InChI is InChI=1S/C20H23N3O4S/c1-14(2)23-19-11-18(10-9-17(19)12-21-23)22(28(4,25)26)13-15-5-7-16(8-6-15)20(24)27-3/h5-12,14H,13H2,1-4H3. The Balaban J connectivity index is 1.98. The third-order valence-corrected chi connectivity index (χ3v) is 5.60. The lowest BCUT2D eigenvalue weighted by Crippen LogP contribution is -2.29. The molecule has 0 bridgehead atoms. The normalized spacial score (nSPS) is 11.8. The van der Waals surface area contributed by atoms with Gasteiger partial charge in [-0.05, 0) is 49.7 Å². The second-order valence-corrected chi connectivity index (χ2v) is 8.79. The summed E-state index contributed by atoms with van der Waals surface area (Å²) in [4.78, 5) is 11.6. The predicted octanol–water partition coefficient (Wildman–Crippen LogP) is 3.37. The van der Waals surface area contributed by atoms with Crippen molar-refractivity contribution in [2.24, 2.45) is 0 Å². The van der Waals surface area contributed by atoms with Gasteiger partial charge in [-0.2, -0.15) is 5.10 Å². The number of nitrogens with zero attached hydrogens (tertiary/aromatic N) is 3. The van der Waals surface area contributed by atoms with Crippen LogP contribution < -0.4 is 4.31 Å². The van der Waals surface area contributed by atoms with Crippen LogP contribution in [0.2, 0.25) is 0 Å². The average Bonchev–Trinajstić information content (AvgIpc) is 3.08. The lowest BCUT2D eigenvalue weighted by Gasteiger charge is -2.23. The van der Waals surface area contributed by atoms with E-state index in [-0.39, 0.29) is 12.6 Å². The van der Waals surface area contributed by atoms with Gasteiger partial charge in [0.1, 0.15) is 0 Å². The molecule has 0 aliphatic carbocycles. The summed E-state index contributed by atoms with van der Waals surface area (Å²) in [5.74, 6) is -0.432.